The topological polar surface area (TPSA) is 60.2 Å². The molecule has 2 unspecified atom stereocenters. The van der Waals surface area contributed by atoms with Crippen LogP contribution >= 0.6 is 0 Å². The van der Waals surface area contributed by atoms with Crippen LogP contribution in [0.4, 0.5) is 0 Å². The van der Waals surface area contributed by atoms with E-state index in [1.807, 2.05) is 25.1 Å². The first-order chi connectivity index (χ1) is 10.1. The van der Waals surface area contributed by atoms with Crippen LogP contribution in [0.5, 0.6) is 5.75 Å². The van der Waals surface area contributed by atoms with Gasteiger partial charge in [-0.05, 0) is 38.1 Å². The van der Waals surface area contributed by atoms with Crippen LogP contribution in [-0.4, -0.2) is 29.8 Å². The van der Waals surface area contributed by atoms with Gasteiger partial charge in [-0.1, -0.05) is 25.1 Å². The maximum absolute atomic E-state index is 5.42. The predicted molar refractivity (Wildman–Crippen MR) is 82.6 cm³/mol. The van der Waals surface area contributed by atoms with Crippen molar-refractivity contribution >= 4 is 0 Å². The van der Waals surface area contributed by atoms with Gasteiger partial charge in [0.05, 0.1) is 18.6 Å². The molecule has 2 aromatic rings. The fraction of sp³-hybridized carbons (Fsp3) is 0.500. The average molecular weight is 289 g/mol. The van der Waals surface area contributed by atoms with Gasteiger partial charge in [0.25, 0.3) is 0 Å². The normalized spacial score (nSPS) is 14.0. The molecule has 0 saturated carbocycles. The zero-order valence-electron chi connectivity index (χ0n) is 13.3. The van der Waals surface area contributed by atoms with Crippen LogP contribution in [0.15, 0.2) is 22.7 Å². The molecule has 114 valence electrons. The number of aryl methyl sites for hydroxylation is 1. The molecule has 2 rings (SSSR count). The minimum Gasteiger partial charge on any atom is -0.496 e. The van der Waals surface area contributed by atoms with Gasteiger partial charge in [0.15, 0.2) is 0 Å². The molecule has 5 nitrogen and oxygen atoms in total. The van der Waals surface area contributed by atoms with Crippen molar-refractivity contribution in [3.05, 3.63) is 29.7 Å². The lowest BCUT2D eigenvalue weighted by Gasteiger charge is -2.16. The lowest BCUT2D eigenvalue weighted by Crippen LogP contribution is -2.30. The molecule has 0 bridgehead atoms. The summed E-state index contributed by atoms with van der Waals surface area (Å²) in [4.78, 5) is 4.52. The quantitative estimate of drug-likeness (QED) is 0.885. The lowest BCUT2D eigenvalue weighted by atomic mass is 10.0. The number of nitrogens with one attached hydrogen (secondary N) is 1. The van der Waals surface area contributed by atoms with E-state index in [1.165, 1.54) is 0 Å². The molecular weight excluding hydrogens is 266 g/mol. The van der Waals surface area contributed by atoms with E-state index in [0.29, 0.717) is 11.7 Å². The molecule has 5 heteroatoms. The average Bonchev–Trinajstić information content (AvgIpc) is 2.96. The summed E-state index contributed by atoms with van der Waals surface area (Å²) in [5, 5.41) is 7.46. The Kier molecular flexibility index (Phi) is 4.96. The Labute approximate surface area is 125 Å². The molecule has 21 heavy (non-hydrogen) atoms. The largest absolute Gasteiger partial charge is 0.496 e. The van der Waals surface area contributed by atoms with Crippen molar-refractivity contribution in [2.75, 3.05) is 13.7 Å². The van der Waals surface area contributed by atoms with E-state index in [9.17, 15) is 0 Å². The number of methoxy groups -OCH3 is 1. The summed E-state index contributed by atoms with van der Waals surface area (Å²) in [6.07, 6.45) is 0. The third kappa shape index (κ3) is 3.42. The van der Waals surface area contributed by atoms with Gasteiger partial charge in [0.2, 0.25) is 11.7 Å². The van der Waals surface area contributed by atoms with Gasteiger partial charge in [-0.15, -0.1) is 0 Å². The molecular formula is C16H23N3O2. The summed E-state index contributed by atoms with van der Waals surface area (Å²) >= 11 is 0. The Balaban J connectivity index is 2.28. The van der Waals surface area contributed by atoms with E-state index in [1.54, 1.807) is 7.11 Å². The van der Waals surface area contributed by atoms with Crippen molar-refractivity contribution in [3.8, 4) is 17.1 Å². The third-order valence-corrected chi connectivity index (χ3v) is 3.71. The SMILES string of the molecule is CCNC(C)C(C)c1nc(-c2ccc(C)cc2OC)no1. The molecule has 0 aliphatic carbocycles. The van der Waals surface area contributed by atoms with E-state index in [4.69, 9.17) is 9.26 Å². The van der Waals surface area contributed by atoms with Crippen LogP contribution in [0.3, 0.4) is 0 Å². The van der Waals surface area contributed by atoms with Crippen molar-refractivity contribution < 1.29 is 9.26 Å². The zero-order valence-corrected chi connectivity index (χ0v) is 13.3. The summed E-state index contributed by atoms with van der Waals surface area (Å²) in [5.74, 6) is 2.12. The van der Waals surface area contributed by atoms with Crippen LogP contribution in [0.25, 0.3) is 11.4 Å². The fourth-order valence-electron chi connectivity index (χ4n) is 2.23. The number of hydrogen-bond donors (Lipinski definition) is 1. The summed E-state index contributed by atoms with van der Waals surface area (Å²) in [5.41, 5.74) is 1.98. The number of nitrogens with zero attached hydrogens (tertiary/aromatic N) is 2. The van der Waals surface area contributed by atoms with Gasteiger partial charge in [0.1, 0.15) is 5.75 Å². The van der Waals surface area contributed by atoms with Crippen LogP contribution in [0.1, 0.15) is 38.1 Å². The second-order valence-corrected chi connectivity index (χ2v) is 5.29. The number of ether oxygens (including phenoxy) is 1. The van der Waals surface area contributed by atoms with Crippen LogP contribution < -0.4 is 10.1 Å². The number of hydrogen-bond acceptors (Lipinski definition) is 5. The number of benzene rings is 1. The zero-order chi connectivity index (χ0) is 15.4. The molecule has 0 spiro atoms. The maximum Gasteiger partial charge on any atom is 0.231 e. The minimum atomic E-state index is 0.155. The van der Waals surface area contributed by atoms with Crippen molar-refractivity contribution in [1.82, 2.24) is 15.5 Å². The first kappa shape index (κ1) is 15.5. The maximum atomic E-state index is 5.42. The highest BCUT2D eigenvalue weighted by Crippen LogP contribution is 2.30. The van der Waals surface area contributed by atoms with Crippen LogP contribution in [0, 0.1) is 6.92 Å². The van der Waals surface area contributed by atoms with Gasteiger partial charge in [-0.2, -0.15) is 4.98 Å². The Morgan fingerprint density at radius 1 is 1.33 bits per heavy atom. The van der Waals surface area contributed by atoms with E-state index in [-0.39, 0.29) is 12.0 Å². The minimum absolute atomic E-state index is 0.155. The summed E-state index contributed by atoms with van der Waals surface area (Å²) < 4.78 is 10.8. The van der Waals surface area contributed by atoms with Crippen molar-refractivity contribution in [3.63, 3.8) is 0 Å². The van der Waals surface area contributed by atoms with E-state index in [2.05, 4.69) is 36.2 Å². The third-order valence-electron chi connectivity index (χ3n) is 3.71. The van der Waals surface area contributed by atoms with Gasteiger partial charge >= 0.3 is 0 Å². The van der Waals surface area contributed by atoms with Crippen LogP contribution in [-0.2, 0) is 0 Å². The Morgan fingerprint density at radius 2 is 2.10 bits per heavy atom. The molecule has 1 aromatic carbocycles. The second kappa shape index (κ2) is 6.72. The van der Waals surface area contributed by atoms with Crippen molar-refractivity contribution in [2.45, 2.75) is 39.7 Å². The Bertz CT molecular complexity index is 595. The highest BCUT2D eigenvalue weighted by Gasteiger charge is 2.21. The molecule has 0 saturated heterocycles. The van der Waals surface area contributed by atoms with Gasteiger partial charge in [-0.25, -0.2) is 0 Å². The summed E-state index contributed by atoms with van der Waals surface area (Å²) in [7, 11) is 1.65. The van der Waals surface area contributed by atoms with Gasteiger partial charge in [0, 0.05) is 6.04 Å². The molecule has 0 fully saturated rings. The molecule has 0 amide bonds. The van der Waals surface area contributed by atoms with Gasteiger partial charge < -0.3 is 14.6 Å². The molecule has 0 aliphatic heterocycles. The first-order valence-electron chi connectivity index (χ1n) is 7.28. The van der Waals surface area contributed by atoms with Crippen LogP contribution in [0.2, 0.25) is 0 Å². The monoisotopic (exact) mass is 289 g/mol. The molecule has 2 atom stereocenters. The smallest absolute Gasteiger partial charge is 0.231 e. The fourth-order valence-corrected chi connectivity index (χ4v) is 2.23. The van der Waals surface area contributed by atoms with Gasteiger partial charge in [-0.3, -0.25) is 0 Å². The van der Waals surface area contributed by atoms with Crippen molar-refractivity contribution in [2.24, 2.45) is 0 Å². The van der Waals surface area contributed by atoms with E-state index in [0.717, 1.165) is 23.4 Å². The van der Waals surface area contributed by atoms with E-state index < -0.39 is 0 Å². The standard InChI is InChI=1S/C16H23N3O2/c1-6-17-12(4)11(3)16-18-15(19-21-16)13-8-7-10(2)9-14(13)20-5/h7-9,11-12,17H,6H2,1-5H3. The highest BCUT2D eigenvalue weighted by atomic mass is 16.5. The molecule has 1 N–H and O–H groups in total. The summed E-state index contributed by atoms with van der Waals surface area (Å²) in [6.45, 7) is 9.22. The second-order valence-electron chi connectivity index (χ2n) is 5.29. The van der Waals surface area contributed by atoms with Crippen molar-refractivity contribution in [1.29, 1.82) is 0 Å². The first-order valence-corrected chi connectivity index (χ1v) is 7.28. The highest BCUT2D eigenvalue weighted by molar-refractivity contribution is 5.64. The Morgan fingerprint density at radius 3 is 2.76 bits per heavy atom. The number of rotatable bonds is 6. The number of likely N-dealkylation sites (N-methyl/N-ethyl adjacent to an activating group) is 1. The lowest BCUT2D eigenvalue weighted by molar-refractivity contribution is 0.332. The number of aromatic nitrogens is 2. The summed E-state index contributed by atoms with van der Waals surface area (Å²) in [6, 6.07) is 6.22. The Hall–Kier alpha value is -1.88. The molecule has 0 radical (unpaired) electrons. The van der Waals surface area contributed by atoms with E-state index >= 15 is 0 Å². The molecule has 0 aliphatic rings. The predicted octanol–water partition coefficient (Wildman–Crippen LogP) is 3.16. The molecule has 1 heterocycles. The molecule has 1 aromatic heterocycles.